The predicted octanol–water partition coefficient (Wildman–Crippen LogP) is 4.32. The minimum absolute atomic E-state index is 0.00988. The van der Waals surface area contributed by atoms with Crippen molar-refractivity contribution in [2.45, 2.75) is 19.8 Å². The van der Waals surface area contributed by atoms with Gasteiger partial charge in [-0.1, -0.05) is 29.8 Å². The summed E-state index contributed by atoms with van der Waals surface area (Å²) in [6.45, 7) is 3.55. The summed E-state index contributed by atoms with van der Waals surface area (Å²) in [5, 5.41) is 3.00. The van der Waals surface area contributed by atoms with Crippen LogP contribution in [-0.2, 0) is 4.79 Å². The van der Waals surface area contributed by atoms with Gasteiger partial charge in [-0.3, -0.25) is 4.79 Å². The minimum Gasteiger partial charge on any atom is -0.497 e. The summed E-state index contributed by atoms with van der Waals surface area (Å²) in [6, 6.07) is 13.7. The van der Waals surface area contributed by atoms with Gasteiger partial charge in [0.05, 0.1) is 14.2 Å². The van der Waals surface area contributed by atoms with Crippen LogP contribution in [0.1, 0.15) is 18.4 Å². The molecule has 0 radical (unpaired) electrons. The number of methoxy groups -OCH3 is 2. The van der Waals surface area contributed by atoms with Crippen LogP contribution in [0.5, 0.6) is 11.5 Å². The predicted molar refractivity (Wildman–Crippen MR) is 125 cm³/mol. The lowest BCUT2D eigenvalue weighted by Gasteiger charge is -2.31. The number of hydrogen-bond donors (Lipinski definition) is 1. The van der Waals surface area contributed by atoms with Crippen molar-refractivity contribution in [1.29, 1.82) is 0 Å². The van der Waals surface area contributed by atoms with Gasteiger partial charge in [0.15, 0.2) is 0 Å². The Labute approximate surface area is 188 Å². The zero-order valence-electron chi connectivity index (χ0n) is 18.7. The highest BCUT2D eigenvalue weighted by Gasteiger charge is 2.26. The molecule has 3 aromatic rings. The first-order chi connectivity index (χ1) is 15.6. The van der Waals surface area contributed by atoms with Gasteiger partial charge < -0.3 is 19.7 Å². The van der Waals surface area contributed by atoms with Crippen LogP contribution in [0.2, 0.25) is 0 Å². The zero-order valence-corrected chi connectivity index (χ0v) is 18.7. The average molecular weight is 433 g/mol. The van der Waals surface area contributed by atoms with Crippen molar-refractivity contribution in [3.05, 3.63) is 60.4 Å². The monoisotopic (exact) mass is 432 g/mol. The lowest BCUT2D eigenvalue weighted by Crippen LogP contribution is -2.39. The summed E-state index contributed by atoms with van der Waals surface area (Å²) < 4.78 is 10.6. The number of carbonyl (C=O) groups excluding carboxylic acids is 1. The van der Waals surface area contributed by atoms with Gasteiger partial charge in [-0.25, -0.2) is 9.97 Å². The second-order valence-electron chi connectivity index (χ2n) is 7.99. The fourth-order valence-electron chi connectivity index (χ4n) is 3.92. The van der Waals surface area contributed by atoms with E-state index in [1.807, 2.05) is 18.5 Å². The van der Waals surface area contributed by atoms with Gasteiger partial charge in [-0.2, -0.15) is 0 Å². The molecule has 1 aliphatic rings. The number of benzene rings is 2. The highest BCUT2D eigenvalue weighted by Crippen LogP contribution is 2.28. The van der Waals surface area contributed by atoms with Crippen LogP contribution in [-0.4, -0.2) is 43.2 Å². The molecule has 1 amide bonds. The highest BCUT2D eigenvalue weighted by atomic mass is 16.5. The largest absolute Gasteiger partial charge is 0.497 e. The number of carbonyl (C=O) groups is 1. The summed E-state index contributed by atoms with van der Waals surface area (Å²) >= 11 is 0. The number of amides is 1. The Morgan fingerprint density at radius 2 is 1.62 bits per heavy atom. The van der Waals surface area contributed by atoms with E-state index >= 15 is 0 Å². The summed E-state index contributed by atoms with van der Waals surface area (Å²) in [5.74, 6) is 1.94. The number of aromatic nitrogens is 2. The second-order valence-corrected chi connectivity index (χ2v) is 7.99. The van der Waals surface area contributed by atoms with E-state index in [1.54, 1.807) is 32.4 Å². The first-order valence-electron chi connectivity index (χ1n) is 10.7. The molecule has 1 N–H and O–H groups in total. The maximum absolute atomic E-state index is 12.8. The van der Waals surface area contributed by atoms with E-state index in [1.165, 1.54) is 5.56 Å². The summed E-state index contributed by atoms with van der Waals surface area (Å²) in [4.78, 5) is 24.1. The van der Waals surface area contributed by atoms with Gasteiger partial charge in [-0.15, -0.1) is 0 Å². The van der Waals surface area contributed by atoms with Crippen molar-refractivity contribution >= 4 is 17.5 Å². The standard InChI is InChI=1S/C25H28N4O3/c1-17-5-4-6-19(11-17)20-15-26-25(27-16-20)29-9-7-18(8-10-29)24(30)28-21-12-22(31-2)14-23(13-21)32-3/h4-6,11-16,18H,7-10H2,1-3H3,(H,28,30). The van der Waals surface area contributed by atoms with Crippen molar-refractivity contribution in [2.24, 2.45) is 5.92 Å². The molecule has 0 atom stereocenters. The normalized spacial score (nSPS) is 14.2. The fraction of sp³-hybridized carbons (Fsp3) is 0.320. The van der Waals surface area contributed by atoms with Crippen LogP contribution < -0.4 is 19.7 Å². The highest BCUT2D eigenvalue weighted by molar-refractivity contribution is 5.93. The molecule has 32 heavy (non-hydrogen) atoms. The molecular weight excluding hydrogens is 404 g/mol. The Morgan fingerprint density at radius 1 is 0.969 bits per heavy atom. The number of hydrogen-bond acceptors (Lipinski definition) is 6. The third-order valence-corrected chi connectivity index (χ3v) is 5.76. The van der Waals surface area contributed by atoms with Crippen molar-refractivity contribution in [3.8, 4) is 22.6 Å². The van der Waals surface area contributed by atoms with Crippen LogP contribution in [0.3, 0.4) is 0 Å². The van der Waals surface area contributed by atoms with Crippen molar-refractivity contribution in [2.75, 3.05) is 37.5 Å². The lowest BCUT2D eigenvalue weighted by atomic mass is 9.96. The Bertz CT molecular complexity index is 1050. The molecule has 2 aromatic carbocycles. The van der Waals surface area contributed by atoms with Crippen LogP contribution in [0.4, 0.5) is 11.6 Å². The van der Waals surface area contributed by atoms with Gasteiger partial charge in [0.2, 0.25) is 11.9 Å². The Balaban J connectivity index is 1.35. The molecule has 1 saturated heterocycles. The molecule has 7 heteroatoms. The molecule has 0 saturated carbocycles. The maximum atomic E-state index is 12.8. The van der Waals surface area contributed by atoms with E-state index in [4.69, 9.17) is 9.47 Å². The van der Waals surface area contributed by atoms with Crippen LogP contribution in [0.25, 0.3) is 11.1 Å². The Hall–Kier alpha value is -3.61. The number of nitrogens with one attached hydrogen (secondary N) is 1. The fourth-order valence-corrected chi connectivity index (χ4v) is 3.92. The van der Waals surface area contributed by atoms with Crippen LogP contribution >= 0.6 is 0 Å². The molecule has 2 heterocycles. The number of ether oxygens (including phenoxy) is 2. The molecule has 7 nitrogen and oxygen atoms in total. The maximum Gasteiger partial charge on any atom is 0.227 e. The quantitative estimate of drug-likeness (QED) is 0.625. The zero-order chi connectivity index (χ0) is 22.5. The first-order valence-corrected chi connectivity index (χ1v) is 10.7. The number of nitrogens with zero attached hydrogens (tertiary/aromatic N) is 3. The Morgan fingerprint density at radius 3 is 2.22 bits per heavy atom. The second kappa shape index (κ2) is 9.68. The smallest absolute Gasteiger partial charge is 0.227 e. The summed E-state index contributed by atoms with van der Waals surface area (Å²) in [5.41, 5.74) is 3.99. The van der Waals surface area contributed by atoms with Crippen molar-refractivity contribution in [1.82, 2.24) is 9.97 Å². The first kappa shape index (κ1) is 21.6. The van der Waals surface area contributed by atoms with E-state index in [9.17, 15) is 4.79 Å². The molecular formula is C25H28N4O3. The average Bonchev–Trinajstić information content (AvgIpc) is 2.84. The number of anilines is 2. The summed E-state index contributed by atoms with van der Waals surface area (Å²) in [6.07, 6.45) is 5.23. The van der Waals surface area contributed by atoms with Gasteiger partial charge in [0, 0.05) is 60.9 Å². The van der Waals surface area contributed by atoms with Crippen molar-refractivity contribution < 1.29 is 14.3 Å². The molecule has 1 aliphatic heterocycles. The van der Waals surface area contributed by atoms with Gasteiger partial charge >= 0.3 is 0 Å². The van der Waals surface area contributed by atoms with Gasteiger partial charge in [0.1, 0.15) is 11.5 Å². The topological polar surface area (TPSA) is 76.6 Å². The molecule has 1 fully saturated rings. The van der Waals surface area contributed by atoms with Crippen LogP contribution in [0, 0.1) is 12.8 Å². The Kier molecular flexibility index (Phi) is 6.54. The van der Waals surface area contributed by atoms with Crippen molar-refractivity contribution in [3.63, 3.8) is 0 Å². The van der Waals surface area contributed by atoms with E-state index < -0.39 is 0 Å². The third-order valence-electron chi connectivity index (χ3n) is 5.76. The summed E-state index contributed by atoms with van der Waals surface area (Å²) in [7, 11) is 3.18. The number of piperidine rings is 1. The molecule has 0 bridgehead atoms. The van der Waals surface area contributed by atoms with Crippen LogP contribution in [0.15, 0.2) is 54.9 Å². The SMILES string of the molecule is COc1cc(NC(=O)C2CCN(c3ncc(-c4cccc(C)c4)cn3)CC2)cc(OC)c1. The molecule has 0 unspecified atom stereocenters. The van der Waals surface area contributed by atoms with E-state index in [2.05, 4.69) is 45.3 Å². The van der Waals surface area contributed by atoms with Gasteiger partial charge in [0.25, 0.3) is 0 Å². The molecule has 4 rings (SSSR count). The molecule has 166 valence electrons. The molecule has 1 aromatic heterocycles. The van der Waals surface area contributed by atoms with Gasteiger partial charge in [-0.05, 0) is 25.3 Å². The number of rotatable bonds is 6. The lowest BCUT2D eigenvalue weighted by molar-refractivity contribution is -0.120. The van der Waals surface area contributed by atoms with E-state index in [0.717, 1.165) is 37.1 Å². The minimum atomic E-state index is -0.0602. The number of aryl methyl sites for hydroxylation is 1. The van der Waals surface area contributed by atoms with E-state index in [-0.39, 0.29) is 11.8 Å². The molecule has 0 aliphatic carbocycles. The third kappa shape index (κ3) is 4.99. The molecule has 0 spiro atoms. The van der Waals surface area contributed by atoms with E-state index in [0.29, 0.717) is 23.1 Å².